The zero-order valence-electron chi connectivity index (χ0n) is 17.5. The molecule has 0 unspecified atom stereocenters. The van der Waals surface area contributed by atoms with Gasteiger partial charge in [-0.1, -0.05) is 18.2 Å². The molecule has 5 aromatic rings. The van der Waals surface area contributed by atoms with Crippen molar-refractivity contribution in [3.05, 3.63) is 90.9 Å². The molecular formula is C23H19F2N7O. The van der Waals surface area contributed by atoms with Gasteiger partial charge in [-0.3, -0.25) is 9.67 Å². The summed E-state index contributed by atoms with van der Waals surface area (Å²) in [5.74, 6) is -1.60. The second-order valence-corrected chi connectivity index (χ2v) is 7.77. The smallest absolute Gasteiger partial charge is 0.137 e. The van der Waals surface area contributed by atoms with Crippen molar-refractivity contribution in [2.75, 3.05) is 0 Å². The summed E-state index contributed by atoms with van der Waals surface area (Å²) >= 11 is 0. The number of fused-ring (bicyclic) bond motifs is 1. The molecule has 33 heavy (non-hydrogen) atoms. The first-order chi connectivity index (χ1) is 15.9. The Morgan fingerprint density at radius 1 is 1.06 bits per heavy atom. The van der Waals surface area contributed by atoms with Gasteiger partial charge in [0.05, 0.1) is 41.7 Å². The van der Waals surface area contributed by atoms with Gasteiger partial charge in [-0.25, -0.2) is 23.4 Å². The molecule has 2 aromatic carbocycles. The summed E-state index contributed by atoms with van der Waals surface area (Å²) in [4.78, 5) is 12.9. The Kier molecular flexibility index (Phi) is 5.14. The Hall–Kier alpha value is -4.05. The van der Waals surface area contributed by atoms with Gasteiger partial charge < -0.3 is 5.11 Å². The summed E-state index contributed by atoms with van der Waals surface area (Å²) in [6, 6.07) is 9.84. The molecule has 0 spiro atoms. The summed E-state index contributed by atoms with van der Waals surface area (Å²) in [6.45, 7) is 1.57. The van der Waals surface area contributed by atoms with Crippen LogP contribution in [0.3, 0.4) is 0 Å². The molecule has 5 rings (SSSR count). The third kappa shape index (κ3) is 3.85. The average Bonchev–Trinajstić information content (AvgIpc) is 3.50. The standard InChI is InChI=1S/C23H19F2N7O/c1-15(23(33,12-31-14-26-13-29-31)18-7-6-17(24)8-19(18)25)32-11-16(9-28-32)22-10-27-20-4-2-3-5-21(20)30-22/h2-11,13-15,33H,12H2,1H3/t15-,23-/m1/s1. The number of aliphatic hydroxyl groups is 1. The van der Waals surface area contributed by atoms with Crippen LogP contribution in [-0.2, 0) is 12.1 Å². The van der Waals surface area contributed by atoms with Gasteiger partial charge in [-0.15, -0.1) is 0 Å². The van der Waals surface area contributed by atoms with E-state index in [4.69, 9.17) is 0 Å². The van der Waals surface area contributed by atoms with Crippen LogP contribution < -0.4 is 0 Å². The predicted octanol–water partition coefficient (Wildman–Crippen LogP) is 3.51. The first-order valence-electron chi connectivity index (χ1n) is 10.2. The maximum Gasteiger partial charge on any atom is 0.137 e. The second kappa shape index (κ2) is 8.14. The van der Waals surface area contributed by atoms with E-state index in [0.29, 0.717) is 11.3 Å². The van der Waals surface area contributed by atoms with E-state index in [2.05, 4.69) is 25.1 Å². The minimum atomic E-state index is -1.82. The molecule has 0 fully saturated rings. The highest BCUT2D eigenvalue weighted by atomic mass is 19.1. The highest BCUT2D eigenvalue weighted by Crippen LogP contribution is 2.37. The molecule has 0 aliphatic carbocycles. The van der Waals surface area contributed by atoms with Crippen molar-refractivity contribution in [2.24, 2.45) is 0 Å². The fourth-order valence-corrected chi connectivity index (χ4v) is 3.84. The van der Waals surface area contributed by atoms with Gasteiger partial charge in [-0.05, 0) is 25.1 Å². The topological polar surface area (TPSA) is 94.5 Å². The summed E-state index contributed by atoms with van der Waals surface area (Å²) < 4.78 is 31.2. The first kappa shape index (κ1) is 20.8. The molecule has 0 saturated heterocycles. The Bertz CT molecular complexity index is 1420. The monoisotopic (exact) mass is 447 g/mol. The lowest BCUT2D eigenvalue weighted by Gasteiger charge is -2.34. The third-order valence-corrected chi connectivity index (χ3v) is 5.70. The van der Waals surface area contributed by atoms with Crippen LogP contribution in [0.2, 0.25) is 0 Å². The minimum absolute atomic E-state index is 0.0746. The molecule has 2 atom stereocenters. The van der Waals surface area contributed by atoms with E-state index >= 15 is 0 Å². The van der Waals surface area contributed by atoms with Crippen LogP contribution in [0.1, 0.15) is 18.5 Å². The predicted molar refractivity (Wildman–Crippen MR) is 116 cm³/mol. The van der Waals surface area contributed by atoms with Gasteiger partial charge in [0.1, 0.15) is 29.9 Å². The zero-order chi connectivity index (χ0) is 23.0. The maximum absolute atomic E-state index is 14.8. The summed E-state index contributed by atoms with van der Waals surface area (Å²) in [7, 11) is 0. The lowest BCUT2D eigenvalue weighted by atomic mass is 9.86. The van der Waals surface area contributed by atoms with Crippen molar-refractivity contribution >= 4 is 11.0 Å². The number of aromatic nitrogens is 7. The van der Waals surface area contributed by atoms with Gasteiger partial charge >= 0.3 is 0 Å². The van der Waals surface area contributed by atoms with E-state index in [9.17, 15) is 13.9 Å². The van der Waals surface area contributed by atoms with Crippen molar-refractivity contribution in [3.63, 3.8) is 0 Å². The van der Waals surface area contributed by atoms with Crippen molar-refractivity contribution < 1.29 is 13.9 Å². The molecule has 0 saturated carbocycles. The van der Waals surface area contributed by atoms with E-state index in [0.717, 1.165) is 23.2 Å². The third-order valence-electron chi connectivity index (χ3n) is 5.70. The van der Waals surface area contributed by atoms with E-state index in [1.54, 1.807) is 25.5 Å². The fraction of sp³-hybridized carbons (Fsp3) is 0.174. The summed E-state index contributed by atoms with van der Waals surface area (Å²) in [6.07, 6.45) is 7.69. The number of benzene rings is 2. The molecule has 8 nitrogen and oxygen atoms in total. The number of rotatable bonds is 6. The molecule has 10 heteroatoms. The summed E-state index contributed by atoms with van der Waals surface area (Å²) in [5.41, 5.74) is 0.921. The van der Waals surface area contributed by atoms with E-state index in [1.807, 2.05) is 24.3 Å². The van der Waals surface area contributed by atoms with Crippen LogP contribution in [0.5, 0.6) is 0 Å². The molecule has 0 aliphatic rings. The molecule has 0 radical (unpaired) electrons. The molecule has 0 amide bonds. The lowest BCUT2D eigenvalue weighted by Crippen LogP contribution is -2.40. The van der Waals surface area contributed by atoms with Crippen LogP contribution in [0.25, 0.3) is 22.3 Å². The number of hydrogen-bond donors (Lipinski definition) is 1. The number of halogens is 2. The van der Waals surface area contributed by atoms with Gasteiger partial charge in [0.2, 0.25) is 0 Å². The number of nitrogens with zero attached hydrogens (tertiary/aromatic N) is 7. The zero-order valence-corrected chi connectivity index (χ0v) is 17.5. The molecule has 3 aromatic heterocycles. The maximum atomic E-state index is 14.8. The average molecular weight is 447 g/mol. The highest BCUT2D eigenvalue weighted by molar-refractivity contribution is 5.76. The van der Waals surface area contributed by atoms with Gasteiger partial charge in [0.15, 0.2) is 0 Å². The lowest BCUT2D eigenvalue weighted by molar-refractivity contribution is -0.0368. The minimum Gasteiger partial charge on any atom is -0.381 e. The van der Waals surface area contributed by atoms with Crippen molar-refractivity contribution in [3.8, 4) is 11.3 Å². The van der Waals surface area contributed by atoms with Crippen LogP contribution in [-0.4, -0.2) is 39.6 Å². The SMILES string of the molecule is C[C@@H](n1cc(-c2cnc3ccccc3n2)cn1)[C@](O)(Cn1cncn1)c1ccc(F)cc1F. The number of para-hydroxylation sites is 2. The van der Waals surface area contributed by atoms with Crippen molar-refractivity contribution in [1.29, 1.82) is 0 Å². The highest BCUT2D eigenvalue weighted by Gasteiger charge is 2.40. The van der Waals surface area contributed by atoms with Gasteiger partial charge in [0.25, 0.3) is 0 Å². The Balaban J connectivity index is 1.54. The van der Waals surface area contributed by atoms with Crippen LogP contribution in [0.4, 0.5) is 8.78 Å². The molecule has 0 aliphatic heterocycles. The van der Waals surface area contributed by atoms with Crippen LogP contribution >= 0.6 is 0 Å². The Morgan fingerprint density at radius 3 is 2.64 bits per heavy atom. The first-order valence-corrected chi connectivity index (χ1v) is 10.2. The van der Waals surface area contributed by atoms with E-state index in [-0.39, 0.29) is 12.1 Å². The van der Waals surface area contributed by atoms with Gasteiger partial charge in [-0.2, -0.15) is 10.2 Å². The van der Waals surface area contributed by atoms with E-state index in [1.165, 1.54) is 28.1 Å². The molecule has 3 heterocycles. The van der Waals surface area contributed by atoms with Crippen molar-refractivity contribution in [2.45, 2.75) is 25.1 Å². The molecule has 1 N–H and O–H groups in total. The normalized spacial score (nSPS) is 14.3. The quantitative estimate of drug-likeness (QED) is 0.428. The fourth-order valence-electron chi connectivity index (χ4n) is 3.84. The van der Waals surface area contributed by atoms with Crippen LogP contribution in [0, 0.1) is 11.6 Å². The Morgan fingerprint density at radius 2 is 1.88 bits per heavy atom. The second-order valence-electron chi connectivity index (χ2n) is 7.77. The molecule has 0 bridgehead atoms. The number of hydrogen-bond acceptors (Lipinski definition) is 6. The van der Waals surface area contributed by atoms with Crippen LogP contribution in [0.15, 0.2) is 73.7 Å². The van der Waals surface area contributed by atoms with E-state index < -0.39 is 23.3 Å². The summed E-state index contributed by atoms with van der Waals surface area (Å²) in [5, 5.41) is 20.2. The largest absolute Gasteiger partial charge is 0.381 e. The van der Waals surface area contributed by atoms with Gasteiger partial charge in [0, 0.05) is 23.4 Å². The van der Waals surface area contributed by atoms with Crippen molar-refractivity contribution in [1.82, 2.24) is 34.5 Å². The Labute approximate surface area is 187 Å². The molecule has 166 valence electrons. The molecular weight excluding hydrogens is 428 g/mol.